The molecule has 3 aromatic rings. The summed E-state index contributed by atoms with van der Waals surface area (Å²) in [7, 11) is 0. The van der Waals surface area contributed by atoms with Crippen LogP contribution in [0.1, 0.15) is 51.1 Å². The molecule has 0 aliphatic carbocycles. The minimum atomic E-state index is -2.94. The number of carbonyl (C=O) groups is 1. The second-order valence-corrected chi connectivity index (χ2v) is 10.8. The Morgan fingerprint density at radius 1 is 1.05 bits per heavy atom. The third-order valence-electron chi connectivity index (χ3n) is 7.67. The van der Waals surface area contributed by atoms with Crippen LogP contribution in [-0.4, -0.2) is 51.5 Å². The van der Waals surface area contributed by atoms with Gasteiger partial charge in [-0.15, -0.1) is 0 Å². The summed E-state index contributed by atoms with van der Waals surface area (Å²) in [6.07, 6.45) is 1.59. The van der Waals surface area contributed by atoms with E-state index in [1.54, 1.807) is 22.9 Å². The fraction of sp³-hybridized carbons (Fsp3) is 0.367. The fourth-order valence-corrected chi connectivity index (χ4v) is 6.12. The Hall–Kier alpha value is -3.52. The molecule has 0 bridgehead atoms. The van der Waals surface area contributed by atoms with Crippen molar-refractivity contribution < 1.29 is 18.0 Å². The number of aliphatic imine (C=N–C) groups is 1. The summed E-state index contributed by atoms with van der Waals surface area (Å²) in [5.74, 6) is -3.45. The predicted octanol–water partition coefficient (Wildman–Crippen LogP) is 4.98. The largest absolute Gasteiger partial charge is 0.334 e. The number of aromatic nitrogens is 1. The van der Waals surface area contributed by atoms with Gasteiger partial charge in [0.15, 0.2) is 0 Å². The van der Waals surface area contributed by atoms with Crippen LogP contribution < -0.4 is 0 Å². The van der Waals surface area contributed by atoms with Crippen molar-refractivity contribution in [1.82, 2.24) is 14.8 Å². The number of carbonyl (C=O) groups excluding carboxylic acids is 1. The Labute approximate surface area is 220 Å². The van der Waals surface area contributed by atoms with Crippen molar-refractivity contribution in [3.05, 3.63) is 99.1 Å². The van der Waals surface area contributed by atoms with Crippen LogP contribution in [-0.2, 0) is 30.8 Å². The lowest BCUT2D eigenvalue weighted by atomic mass is 9.89. The summed E-state index contributed by atoms with van der Waals surface area (Å²) in [6, 6.07) is 12.1. The maximum atomic E-state index is 14.9. The van der Waals surface area contributed by atoms with Gasteiger partial charge in [0.1, 0.15) is 5.82 Å². The normalized spacial score (nSPS) is 20.8. The van der Waals surface area contributed by atoms with Gasteiger partial charge in [-0.25, -0.2) is 13.2 Å². The molecule has 2 aromatic carbocycles. The average molecular weight is 519 g/mol. The number of hydrogen-bond donors (Lipinski definition) is 0. The monoisotopic (exact) mass is 518 g/mol. The molecule has 8 heteroatoms. The molecule has 3 aliphatic rings. The van der Waals surface area contributed by atoms with E-state index in [2.05, 4.69) is 17.1 Å². The van der Waals surface area contributed by atoms with E-state index < -0.39 is 18.5 Å². The molecule has 0 radical (unpaired) electrons. The Balaban J connectivity index is 1.25. The minimum Gasteiger partial charge on any atom is -0.334 e. The van der Waals surface area contributed by atoms with E-state index in [4.69, 9.17) is 4.99 Å². The molecule has 4 heterocycles. The minimum absolute atomic E-state index is 0.134. The summed E-state index contributed by atoms with van der Waals surface area (Å²) in [5, 5.41) is 0. The average Bonchev–Trinajstić information content (AvgIpc) is 3.23. The summed E-state index contributed by atoms with van der Waals surface area (Å²) in [4.78, 5) is 25.5. The Morgan fingerprint density at radius 2 is 1.89 bits per heavy atom. The summed E-state index contributed by atoms with van der Waals surface area (Å²) >= 11 is 0. The van der Waals surface area contributed by atoms with E-state index in [1.807, 2.05) is 25.1 Å². The lowest BCUT2D eigenvalue weighted by Crippen LogP contribution is -2.57. The number of nitrogens with zero attached hydrogens (tertiary/aromatic N) is 4. The van der Waals surface area contributed by atoms with Gasteiger partial charge in [-0.1, -0.05) is 12.1 Å². The number of halogens is 3. The highest BCUT2D eigenvalue weighted by atomic mass is 19.3. The van der Waals surface area contributed by atoms with E-state index >= 15 is 0 Å². The number of rotatable bonds is 4. The highest BCUT2D eigenvalue weighted by Gasteiger charge is 2.44. The first-order valence-electron chi connectivity index (χ1n) is 12.9. The summed E-state index contributed by atoms with van der Waals surface area (Å²) < 4.78 is 43.8. The molecule has 1 atom stereocenters. The lowest BCUT2D eigenvalue weighted by molar-refractivity contribution is -0.143. The maximum Gasteiger partial charge on any atom is 0.262 e. The van der Waals surface area contributed by atoms with Crippen molar-refractivity contribution in [2.45, 2.75) is 58.3 Å². The van der Waals surface area contributed by atoms with Crippen molar-refractivity contribution >= 4 is 11.6 Å². The van der Waals surface area contributed by atoms with Crippen LogP contribution in [0.4, 0.5) is 13.2 Å². The first-order valence-corrected chi connectivity index (χ1v) is 12.9. The predicted molar refractivity (Wildman–Crippen MR) is 139 cm³/mol. The number of aryl methyl sites for hydroxylation is 2. The van der Waals surface area contributed by atoms with Gasteiger partial charge in [0.2, 0.25) is 5.91 Å². The number of hydrogen-bond acceptors (Lipinski definition) is 4. The van der Waals surface area contributed by atoms with Crippen LogP contribution in [0.3, 0.4) is 0 Å². The maximum absolute atomic E-state index is 14.9. The van der Waals surface area contributed by atoms with E-state index in [0.717, 1.165) is 44.8 Å². The molecular formula is C30H29F3N4O. The second kappa shape index (κ2) is 9.34. The van der Waals surface area contributed by atoms with E-state index in [9.17, 15) is 18.0 Å². The van der Waals surface area contributed by atoms with Crippen molar-refractivity contribution in [2.75, 3.05) is 13.1 Å². The molecule has 0 N–H and O–H groups in total. The molecule has 0 spiro atoms. The van der Waals surface area contributed by atoms with E-state index in [1.165, 1.54) is 12.1 Å². The number of amides is 1. The zero-order chi connectivity index (χ0) is 26.6. The van der Waals surface area contributed by atoms with Gasteiger partial charge in [0, 0.05) is 49.1 Å². The summed E-state index contributed by atoms with van der Waals surface area (Å²) in [5.41, 5.74) is 8.24. The molecule has 3 aliphatic heterocycles. The van der Waals surface area contributed by atoms with Gasteiger partial charge in [-0.05, 0) is 72.0 Å². The zero-order valence-electron chi connectivity index (χ0n) is 21.5. The number of likely N-dealkylation sites (tertiary alicyclic amines) is 1. The standard InChI is InChI=1S/C30H29F3N4O/c1-18-5-20(8-25(31)6-18)14-36-16-26(12-30(32,33)17-36)37-15-24-10-27-23(9-22(24)11-28(37)38)13-35-29(27)21-3-4-34-19(2)7-21/h3-10,26H,11-17H2,1-2H3. The van der Waals surface area contributed by atoms with E-state index in [-0.39, 0.29) is 37.7 Å². The van der Waals surface area contributed by atoms with Crippen LogP contribution in [0.5, 0.6) is 0 Å². The molecule has 38 heavy (non-hydrogen) atoms. The zero-order valence-corrected chi connectivity index (χ0v) is 21.5. The third-order valence-corrected chi connectivity index (χ3v) is 7.67. The highest BCUT2D eigenvalue weighted by molar-refractivity contribution is 6.15. The molecule has 1 unspecified atom stereocenters. The number of benzene rings is 2. The number of fused-ring (bicyclic) bond motifs is 2. The first-order chi connectivity index (χ1) is 18.1. The summed E-state index contributed by atoms with van der Waals surface area (Å²) in [6.45, 7) is 4.69. The van der Waals surface area contributed by atoms with Crippen molar-refractivity contribution in [3.8, 4) is 0 Å². The number of alkyl halides is 2. The number of pyridine rings is 1. The van der Waals surface area contributed by atoms with Gasteiger partial charge >= 0.3 is 0 Å². The van der Waals surface area contributed by atoms with Crippen molar-refractivity contribution in [1.29, 1.82) is 0 Å². The smallest absolute Gasteiger partial charge is 0.262 e. The quantitative estimate of drug-likeness (QED) is 0.490. The molecule has 1 aromatic heterocycles. The molecule has 1 amide bonds. The molecule has 1 saturated heterocycles. The van der Waals surface area contributed by atoms with Crippen molar-refractivity contribution in [3.63, 3.8) is 0 Å². The number of piperidine rings is 1. The fourth-order valence-electron chi connectivity index (χ4n) is 6.12. The van der Waals surface area contributed by atoms with Gasteiger partial charge in [-0.2, -0.15) is 0 Å². The molecule has 196 valence electrons. The van der Waals surface area contributed by atoms with Gasteiger partial charge in [0.25, 0.3) is 5.92 Å². The van der Waals surface area contributed by atoms with Crippen LogP contribution in [0.2, 0.25) is 0 Å². The Kier molecular flexibility index (Phi) is 6.10. The molecule has 1 fully saturated rings. The third kappa shape index (κ3) is 4.85. The van der Waals surface area contributed by atoms with Crippen LogP contribution in [0, 0.1) is 19.7 Å². The van der Waals surface area contributed by atoms with Gasteiger partial charge < -0.3 is 4.90 Å². The Bertz CT molecular complexity index is 1450. The highest BCUT2D eigenvalue weighted by Crippen LogP contribution is 2.35. The SMILES string of the molecule is Cc1cc(F)cc(CN2CC(N3Cc4cc5c(cc4CC3=O)CN=C5c3ccnc(C)c3)CC(F)(F)C2)c1. The lowest BCUT2D eigenvalue weighted by Gasteiger charge is -2.44. The van der Waals surface area contributed by atoms with E-state index in [0.29, 0.717) is 18.7 Å². The molecule has 6 rings (SSSR count). The molecule has 0 saturated carbocycles. The molecule has 5 nitrogen and oxygen atoms in total. The van der Waals surface area contributed by atoms with Crippen LogP contribution >= 0.6 is 0 Å². The van der Waals surface area contributed by atoms with Crippen LogP contribution in [0.25, 0.3) is 0 Å². The molecular weight excluding hydrogens is 489 g/mol. The van der Waals surface area contributed by atoms with Crippen molar-refractivity contribution in [2.24, 2.45) is 4.99 Å². The Morgan fingerprint density at radius 3 is 2.68 bits per heavy atom. The topological polar surface area (TPSA) is 48.8 Å². The van der Waals surface area contributed by atoms with Crippen LogP contribution in [0.15, 0.2) is 53.7 Å². The second-order valence-electron chi connectivity index (χ2n) is 10.8. The first kappa shape index (κ1) is 24.8. The van der Waals surface area contributed by atoms with Gasteiger partial charge in [-0.3, -0.25) is 19.7 Å². The van der Waals surface area contributed by atoms with Gasteiger partial charge in [0.05, 0.1) is 31.3 Å².